The Hall–Kier alpha value is -4.23. The lowest BCUT2D eigenvalue weighted by atomic mass is 10.1. The fraction of sp³-hybridized carbons (Fsp3) is 0.567. The molecule has 2 N–H and O–H groups in total. The summed E-state index contributed by atoms with van der Waals surface area (Å²) >= 11 is 0. The number of halogens is 2. The summed E-state index contributed by atoms with van der Waals surface area (Å²) in [5.74, 6) is -4.47. The van der Waals surface area contributed by atoms with E-state index >= 15 is 0 Å². The van der Waals surface area contributed by atoms with Crippen LogP contribution < -0.4 is 25.2 Å². The van der Waals surface area contributed by atoms with Crippen LogP contribution in [0.4, 0.5) is 36.7 Å². The first-order valence-corrected chi connectivity index (χ1v) is 14.8. The van der Waals surface area contributed by atoms with Crippen LogP contribution in [0.2, 0.25) is 0 Å². The third-order valence-electron chi connectivity index (χ3n) is 8.02. The highest BCUT2D eigenvalue weighted by atomic mass is 19.3. The average Bonchev–Trinajstić information content (AvgIpc) is 3.66. The molecule has 1 saturated carbocycles. The van der Waals surface area contributed by atoms with Gasteiger partial charge >= 0.3 is 12.0 Å². The first-order valence-electron chi connectivity index (χ1n) is 14.8. The number of rotatable bonds is 6. The number of anilines is 4. The number of alkyl halides is 2. The van der Waals surface area contributed by atoms with Crippen LogP contribution in [0.3, 0.4) is 0 Å². The predicted octanol–water partition coefficient (Wildman–Crippen LogP) is 4.33. The number of fused-ring (bicyclic) bond motifs is 1. The van der Waals surface area contributed by atoms with E-state index in [1.54, 1.807) is 43.9 Å². The zero-order valence-electron chi connectivity index (χ0n) is 25.7. The molecule has 0 bridgehead atoms. The van der Waals surface area contributed by atoms with Gasteiger partial charge in [0.05, 0.1) is 25.5 Å². The number of amides is 3. The van der Waals surface area contributed by atoms with Crippen molar-refractivity contribution in [2.75, 3.05) is 48.9 Å². The van der Waals surface area contributed by atoms with Crippen molar-refractivity contribution in [2.45, 2.75) is 76.5 Å². The minimum absolute atomic E-state index is 0.126. The van der Waals surface area contributed by atoms with E-state index in [1.165, 1.54) is 25.3 Å². The van der Waals surface area contributed by atoms with Crippen LogP contribution in [-0.2, 0) is 9.53 Å². The highest BCUT2D eigenvalue weighted by Crippen LogP contribution is 2.40. The van der Waals surface area contributed by atoms with Crippen LogP contribution in [0.5, 0.6) is 5.75 Å². The predicted molar refractivity (Wildman–Crippen MR) is 160 cm³/mol. The Morgan fingerprint density at radius 1 is 1.14 bits per heavy atom. The number of nitrogens with zero attached hydrogens (tertiary/aromatic N) is 5. The van der Waals surface area contributed by atoms with Crippen molar-refractivity contribution in [2.24, 2.45) is 0 Å². The van der Waals surface area contributed by atoms with Gasteiger partial charge in [-0.25, -0.2) is 9.78 Å². The molecule has 1 aromatic carbocycles. The van der Waals surface area contributed by atoms with Gasteiger partial charge in [-0.05, 0) is 58.2 Å². The third kappa shape index (κ3) is 6.63. The Balaban J connectivity index is 1.31. The molecule has 3 heterocycles. The molecule has 3 amide bonds. The molecule has 0 unspecified atom stereocenters. The molecule has 1 aliphatic carbocycles. The second-order valence-electron chi connectivity index (χ2n) is 12.5. The van der Waals surface area contributed by atoms with Gasteiger partial charge in [0, 0.05) is 37.8 Å². The summed E-state index contributed by atoms with van der Waals surface area (Å²) in [5, 5.41) is 6.03. The summed E-state index contributed by atoms with van der Waals surface area (Å²) in [4.78, 5) is 50.9. The number of carbonyl (C=O) groups excluding carboxylic acids is 3. The largest absolute Gasteiger partial charge is 0.495 e. The van der Waals surface area contributed by atoms with Gasteiger partial charge in [-0.15, -0.1) is 0 Å². The van der Waals surface area contributed by atoms with Gasteiger partial charge in [0.15, 0.2) is 5.82 Å². The maximum Gasteiger partial charge on any atom is 0.410 e. The normalized spacial score (nSPS) is 20.3. The zero-order valence-corrected chi connectivity index (χ0v) is 25.7. The maximum absolute atomic E-state index is 14.9. The topological polar surface area (TPSA) is 129 Å². The minimum Gasteiger partial charge on any atom is -0.495 e. The number of ether oxygens (including phenoxy) is 2. The molecule has 44 heavy (non-hydrogen) atoms. The van der Waals surface area contributed by atoms with Crippen molar-refractivity contribution >= 4 is 41.0 Å². The number of hydrogen-bond donors (Lipinski definition) is 2. The molecule has 5 rings (SSSR count). The molecule has 14 heteroatoms. The Bertz CT molecular complexity index is 1430. The second-order valence-corrected chi connectivity index (χ2v) is 12.5. The highest BCUT2D eigenvalue weighted by molar-refractivity contribution is 6.02. The van der Waals surface area contributed by atoms with E-state index < -0.39 is 30.1 Å². The SMILES string of the molecule is COc1cc(C(=O)N[C@@H]2CCN(C(=O)OC(C)(C)C)C2)ccc1Nc1ncc2c(n1)N(C1CCCC1)CC(F)(F)C(=O)N2C. The van der Waals surface area contributed by atoms with Gasteiger partial charge in [-0.2, -0.15) is 13.8 Å². The van der Waals surface area contributed by atoms with Crippen molar-refractivity contribution in [1.29, 1.82) is 0 Å². The minimum atomic E-state index is -3.57. The maximum atomic E-state index is 14.9. The molecule has 1 atom stereocenters. The molecule has 2 aliphatic heterocycles. The Kier molecular flexibility index (Phi) is 8.54. The van der Waals surface area contributed by atoms with E-state index in [4.69, 9.17) is 9.47 Å². The van der Waals surface area contributed by atoms with E-state index in [9.17, 15) is 23.2 Å². The summed E-state index contributed by atoms with van der Waals surface area (Å²) in [6, 6.07) is 4.43. The molecule has 1 aromatic heterocycles. The van der Waals surface area contributed by atoms with E-state index in [-0.39, 0.29) is 35.4 Å². The van der Waals surface area contributed by atoms with E-state index in [2.05, 4.69) is 20.6 Å². The van der Waals surface area contributed by atoms with E-state index in [0.29, 0.717) is 36.5 Å². The number of benzene rings is 1. The van der Waals surface area contributed by atoms with Gasteiger partial charge in [0.25, 0.3) is 11.8 Å². The lowest BCUT2D eigenvalue weighted by Gasteiger charge is -2.31. The molecule has 2 aromatic rings. The van der Waals surface area contributed by atoms with Crippen molar-refractivity contribution in [3.8, 4) is 5.75 Å². The number of nitrogens with one attached hydrogen (secondary N) is 2. The summed E-state index contributed by atoms with van der Waals surface area (Å²) in [5.41, 5.74) is 0.409. The zero-order chi connectivity index (χ0) is 31.8. The summed E-state index contributed by atoms with van der Waals surface area (Å²) in [7, 11) is 2.76. The standard InChI is InChI=1S/C30H39F2N7O5/c1-29(2,3)44-28(42)38-13-12-19(16-38)34-25(40)18-10-11-21(23(14-18)43-5)35-27-33-15-22-24(36-27)39(20-8-6-7-9-20)17-30(31,32)26(41)37(22)4/h10-11,14-15,19-20H,6-9,12-13,16-17H2,1-5H3,(H,34,40)(H,33,35,36)/t19-/m1/s1. The summed E-state index contributed by atoms with van der Waals surface area (Å²) in [6.07, 6.45) is 4.85. The van der Waals surface area contributed by atoms with Crippen LogP contribution in [-0.4, -0.2) is 90.2 Å². The van der Waals surface area contributed by atoms with Gasteiger partial charge in [0.2, 0.25) is 5.95 Å². The number of aromatic nitrogens is 2. The van der Waals surface area contributed by atoms with Crippen molar-refractivity contribution in [1.82, 2.24) is 20.2 Å². The molecular formula is C30H39F2N7O5. The smallest absolute Gasteiger partial charge is 0.410 e. The fourth-order valence-corrected chi connectivity index (χ4v) is 5.80. The van der Waals surface area contributed by atoms with Gasteiger partial charge in [0.1, 0.15) is 17.0 Å². The van der Waals surface area contributed by atoms with Crippen molar-refractivity contribution < 1.29 is 32.6 Å². The monoisotopic (exact) mass is 615 g/mol. The number of carbonyl (C=O) groups is 3. The van der Waals surface area contributed by atoms with Crippen molar-refractivity contribution in [3.63, 3.8) is 0 Å². The second kappa shape index (κ2) is 12.0. The first-order chi connectivity index (χ1) is 20.8. The molecule has 0 spiro atoms. The average molecular weight is 616 g/mol. The fourth-order valence-electron chi connectivity index (χ4n) is 5.80. The molecule has 238 valence electrons. The van der Waals surface area contributed by atoms with Gasteiger partial charge < -0.3 is 34.8 Å². The third-order valence-corrected chi connectivity index (χ3v) is 8.02. The molecule has 2 fully saturated rings. The van der Waals surface area contributed by atoms with Gasteiger partial charge in [-0.3, -0.25) is 9.59 Å². The molecular weight excluding hydrogens is 576 g/mol. The first kappa shape index (κ1) is 31.2. The van der Waals surface area contributed by atoms with Crippen LogP contribution in [0.1, 0.15) is 63.2 Å². The molecule has 0 radical (unpaired) electrons. The quantitative estimate of drug-likeness (QED) is 0.488. The molecule has 12 nitrogen and oxygen atoms in total. The van der Waals surface area contributed by atoms with Crippen LogP contribution >= 0.6 is 0 Å². The number of hydrogen-bond acceptors (Lipinski definition) is 9. The van der Waals surface area contributed by atoms with Crippen LogP contribution in [0.25, 0.3) is 0 Å². The molecule has 3 aliphatic rings. The van der Waals surface area contributed by atoms with E-state index in [1.807, 2.05) is 0 Å². The Morgan fingerprint density at radius 3 is 2.55 bits per heavy atom. The Labute approximate surface area is 255 Å². The van der Waals surface area contributed by atoms with Crippen LogP contribution in [0.15, 0.2) is 24.4 Å². The summed E-state index contributed by atoms with van der Waals surface area (Å²) < 4.78 is 40.8. The molecule has 1 saturated heterocycles. The highest BCUT2D eigenvalue weighted by Gasteiger charge is 2.48. The van der Waals surface area contributed by atoms with Gasteiger partial charge in [-0.1, -0.05) is 12.8 Å². The number of methoxy groups -OCH3 is 1. The van der Waals surface area contributed by atoms with Crippen LogP contribution in [0, 0.1) is 0 Å². The lowest BCUT2D eigenvalue weighted by Crippen LogP contribution is -2.48. The van der Waals surface area contributed by atoms with Crippen molar-refractivity contribution in [3.05, 3.63) is 30.0 Å². The summed E-state index contributed by atoms with van der Waals surface area (Å²) in [6.45, 7) is 5.48. The number of likely N-dealkylation sites (tertiary alicyclic amines) is 1. The van der Waals surface area contributed by atoms with E-state index in [0.717, 1.165) is 30.6 Å². The lowest BCUT2D eigenvalue weighted by molar-refractivity contribution is -0.140. The Morgan fingerprint density at radius 2 is 1.86 bits per heavy atom.